The van der Waals surface area contributed by atoms with Crippen molar-refractivity contribution in [1.82, 2.24) is 14.3 Å². The molecule has 1 aromatic heterocycles. The second-order valence-corrected chi connectivity index (χ2v) is 9.32. The lowest BCUT2D eigenvalue weighted by Crippen LogP contribution is -2.32. The van der Waals surface area contributed by atoms with Crippen LogP contribution >= 0.6 is 0 Å². The van der Waals surface area contributed by atoms with Gasteiger partial charge in [-0.05, 0) is 38.0 Å². The lowest BCUT2D eigenvalue weighted by Gasteiger charge is -2.21. The van der Waals surface area contributed by atoms with Gasteiger partial charge < -0.3 is 10.1 Å². The van der Waals surface area contributed by atoms with Crippen molar-refractivity contribution in [1.29, 1.82) is 0 Å². The number of hydrogen-bond donors (Lipinski definition) is 1. The molecule has 0 saturated carbocycles. The summed E-state index contributed by atoms with van der Waals surface area (Å²) in [6.45, 7) is 0.790. The van der Waals surface area contributed by atoms with Gasteiger partial charge in [-0.25, -0.2) is 13.4 Å². The summed E-state index contributed by atoms with van der Waals surface area (Å²) in [6.07, 6.45) is 1.25. The molecular weight excluding hydrogens is 449 g/mol. The van der Waals surface area contributed by atoms with Gasteiger partial charge in [-0.3, -0.25) is 9.78 Å². The van der Waals surface area contributed by atoms with Crippen LogP contribution in [0, 0.1) is 6.92 Å². The van der Waals surface area contributed by atoms with E-state index in [1.807, 2.05) is 0 Å². The Morgan fingerprint density at radius 2 is 1.81 bits per heavy atom. The SMILES string of the molecule is Cc1cnc(C(=O)Nc2cc(S(=O)(=O)N3CCCCCC3)ccc2OCC(F)(F)F)cn1. The zero-order valence-corrected chi connectivity index (χ0v) is 18.2. The molecular formula is C20H23F3N4O4S. The number of alkyl halides is 3. The van der Waals surface area contributed by atoms with Crippen molar-refractivity contribution in [2.75, 3.05) is 25.0 Å². The molecule has 0 aliphatic carbocycles. The van der Waals surface area contributed by atoms with Crippen LogP contribution in [0.1, 0.15) is 41.9 Å². The summed E-state index contributed by atoms with van der Waals surface area (Å²) in [5.41, 5.74) is 0.275. The molecule has 1 aliphatic heterocycles. The van der Waals surface area contributed by atoms with Crippen LogP contribution in [0.4, 0.5) is 18.9 Å². The van der Waals surface area contributed by atoms with Crippen LogP contribution in [-0.4, -0.2) is 54.5 Å². The number of amides is 1. The highest BCUT2D eigenvalue weighted by atomic mass is 32.2. The number of hydrogen-bond acceptors (Lipinski definition) is 6. The Labute approximate surface area is 183 Å². The topological polar surface area (TPSA) is 101 Å². The first-order valence-corrected chi connectivity index (χ1v) is 11.4. The van der Waals surface area contributed by atoms with E-state index in [9.17, 15) is 26.4 Å². The number of rotatable bonds is 6. The summed E-state index contributed by atoms with van der Waals surface area (Å²) in [7, 11) is -3.90. The van der Waals surface area contributed by atoms with Gasteiger partial charge in [-0.2, -0.15) is 17.5 Å². The van der Waals surface area contributed by atoms with Gasteiger partial charge in [-0.15, -0.1) is 0 Å². The third kappa shape index (κ3) is 6.16. The monoisotopic (exact) mass is 472 g/mol. The van der Waals surface area contributed by atoms with Crippen LogP contribution in [0.2, 0.25) is 0 Å². The van der Waals surface area contributed by atoms with E-state index >= 15 is 0 Å². The highest BCUT2D eigenvalue weighted by Gasteiger charge is 2.30. The third-order valence-electron chi connectivity index (χ3n) is 4.81. The molecule has 1 saturated heterocycles. The van der Waals surface area contributed by atoms with E-state index in [1.54, 1.807) is 6.92 Å². The van der Waals surface area contributed by atoms with E-state index in [1.165, 1.54) is 22.8 Å². The van der Waals surface area contributed by atoms with Gasteiger partial charge >= 0.3 is 6.18 Å². The number of aromatic nitrogens is 2. The molecule has 174 valence electrons. The minimum atomic E-state index is -4.61. The molecule has 32 heavy (non-hydrogen) atoms. The predicted molar refractivity (Wildman–Crippen MR) is 110 cm³/mol. The molecule has 0 radical (unpaired) electrons. The Morgan fingerprint density at radius 1 is 1.12 bits per heavy atom. The third-order valence-corrected chi connectivity index (χ3v) is 6.70. The van der Waals surface area contributed by atoms with E-state index in [0.717, 1.165) is 37.8 Å². The Bertz CT molecular complexity index is 1050. The number of aryl methyl sites for hydroxylation is 1. The Hall–Kier alpha value is -2.73. The summed E-state index contributed by atoms with van der Waals surface area (Å²) in [5, 5.41) is 2.39. The number of benzene rings is 1. The summed E-state index contributed by atoms with van der Waals surface area (Å²) >= 11 is 0. The van der Waals surface area contributed by atoms with Crippen LogP contribution in [0.15, 0.2) is 35.5 Å². The van der Waals surface area contributed by atoms with Crippen LogP contribution in [0.5, 0.6) is 5.75 Å². The quantitative estimate of drug-likeness (QED) is 0.690. The first-order chi connectivity index (χ1) is 15.1. The maximum Gasteiger partial charge on any atom is 0.422 e. The van der Waals surface area contributed by atoms with Crippen molar-refractivity contribution in [3.8, 4) is 5.75 Å². The minimum absolute atomic E-state index is 0.0850. The highest BCUT2D eigenvalue weighted by molar-refractivity contribution is 7.89. The first kappa shape index (κ1) is 23.9. The fraction of sp³-hybridized carbons (Fsp3) is 0.450. The first-order valence-electron chi connectivity index (χ1n) is 10.00. The molecule has 0 spiro atoms. The molecule has 0 bridgehead atoms. The van der Waals surface area contributed by atoms with Crippen molar-refractivity contribution in [3.05, 3.63) is 42.0 Å². The number of nitrogens with zero attached hydrogens (tertiary/aromatic N) is 3. The minimum Gasteiger partial charge on any atom is -0.482 e. The number of anilines is 1. The highest BCUT2D eigenvalue weighted by Crippen LogP contribution is 2.31. The van der Waals surface area contributed by atoms with Gasteiger partial charge in [-0.1, -0.05) is 12.8 Å². The lowest BCUT2D eigenvalue weighted by molar-refractivity contribution is -0.153. The molecule has 1 fully saturated rings. The van der Waals surface area contributed by atoms with Crippen LogP contribution in [-0.2, 0) is 10.0 Å². The zero-order chi connectivity index (χ0) is 23.4. The zero-order valence-electron chi connectivity index (χ0n) is 17.4. The average Bonchev–Trinajstić information content (AvgIpc) is 3.03. The summed E-state index contributed by atoms with van der Waals surface area (Å²) in [6, 6.07) is 3.38. The van der Waals surface area contributed by atoms with Crippen molar-refractivity contribution in [2.45, 2.75) is 43.7 Å². The van der Waals surface area contributed by atoms with Gasteiger partial charge in [0.2, 0.25) is 10.0 Å². The number of ether oxygens (including phenoxy) is 1. The van der Waals surface area contributed by atoms with Crippen LogP contribution in [0.3, 0.4) is 0 Å². The smallest absolute Gasteiger partial charge is 0.422 e. The number of halogens is 3. The van der Waals surface area contributed by atoms with Gasteiger partial charge in [0.15, 0.2) is 6.61 Å². The van der Waals surface area contributed by atoms with Gasteiger partial charge in [0.05, 0.1) is 22.5 Å². The Kier molecular flexibility index (Phi) is 7.34. The van der Waals surface area contributed by atoms with E-state index in [-0.39, 0.29) is 22.0 Å². The fourth-order valence-corrected chi connectivity index (χ4v) is 4.72. The molecule has 1 aromatic carbocycles. The van der Waals surface area contributed by atoms with E-state index in [4.69, 9.17) is 4.74 Å². The number of sulfonamides is 1. The van der Waals surface area contributed by atoms with Gasteiger partial charge in [0.1, 0.15) is 11.4 Å². The largest absolute Gasteiger partial charge is 0.482 e. The van der Waals surface area contributed by atoms with Crippen molar-refractivity contribution in [2.24, 2.45) is 0 Å². The van der Waals surface area contributed by atoms with Crippen molar-refractivity contribution in [3.63, 3.8) is 0 Å². The Morgan fingerprint density at radius 3 is 2.41 bits per heavy atom. The maximum absolute atomic E-state index is 13.1. The van der Waals surface area contributed by atoms with E-state index < -0.39 is 28.7 Å². The van der Waals surface area contributed by atoms with Crippen LogP contribution < -0.4 is 10.1 Å². The van der Waals surface area contributed by atoms with Crippen molar-refractivity contribution >= 4 is 21.6 Å². The van der Waals surface area contributed by atoms with Crippen LogP contribution in [0.25, 0.3) is 0 Å². The maximum atomic E-state index is 13.1. The molecule has 12 heteroatoms. The number of carbonyl (C=O) groups is 1. The van der Waals surface area contributed by atoms with Gasteiger partial charge in [0, 0.05) is 19.3 Å². The lowest BCUT2D eigenvalue weighted by atomic mass is 10.2. The molecule has 1 aliphatic rings. The van der Waals surface area contributed by atoms with E-state index in [0.29, 0.717) is 18.8 Å². The summed E-state index contributed by atoms with van der Waals surface area (Å²) < 4.78 is 70.3. The molecule has 2 aromatic rings. The molecule has 0 unspecified atom stereocenters. The number of carbonyl (C=O) groups excluding carboxylic acids is 1. The van der Waals surface area contributed by atoms with Gasteiger partial charge in [0.25, 0.3) is 5.91 Å². The molecule has 2 heterocycles. The molecule has 3 rings (SSSR count). The Balaban J connectivity index is 1.93. The molecule has 1 N–H and O–H groups in total. The predicted octanol–water partition coefficient (Wildman–Crippen LogP) is 3.54. The second-order valence-electron chi connectivity index (χ2n) is 7.38. The fourth-order valence-electron chi connectivity index (χ4n) is 3.18. The van der Waals surface area contributed by atoms with Crippen molar-refractivity contribution < 1.29 is 31.1 Å². The summed E-state index contributed by atoms with van der Waals surface area (Å²) in [4.78, 5) is 20.3. The number of nitrogens with one attached hydrogen (secondary N) is 1. The normalized spacial score (nSPS) is 15.8. The second kappa shape index (κ2) is 9.82. The standard InChI is InChI=1S/C20H23F3N4O4S/c1-14-11-25-17(12-24-14)19(28)26-16-10-15(6-7-18(16)31-13-20(21,22)23)32(29,30)27-8-4-2-3-5-9-27/h6-7,10-12H,2-5,8-9,13H2,1H3,(H,26,28). The average molecular weight is 472 g/mol. The summed E-state index contributed by atoms with van der Waals surface area (Å²) in [5.74, 6) is -1.08. The van der Waals surface area contributed by atoms with E-state index in [2.05, 4.69) is 15.3 Å². The molecule has 1 amide bonds. The molecule has 8 nitrogen and oxygen atoms in total. The molecule has 0 atom stereocenters.